The molecule has 3 heterocycles. The third-order valence-corrected chi connectivity index (χ3v) is 5.88. The second-order valence-electron chi connectivity index (χ2n) is 8.05. The summed E-state index contributed by atoms with van der Waals surface area (Å²) in [5.74, 6) is 1.46. The van der Waals surface area contributed by atoms with Crippen molar-refractivity contribution in [2.75, 3.05) is 45.2 Å². The Labute approximate surface area is 197 Å². The number of benzene rings is 1. The molecule has 3 aliphatic rings. The number of aromatic nitrogens is 1. The van der Waals surface area contributed by atoms with E-state index in [2.05, 4.69) is 26.4 Å². The molecule has 1 saturated carbocycles. The van der Waals surface area contributed by atoms with E-state index in [1.807, 2.05) is 0 Å². The summed E-state index contributed by atoms with van der Waals surface area (Å²) in [5.41, 5.74) is 1.65. The Morgan fingerprint density at radius 3 is 2.65 bits per heavy atom. The predicted octanol–water partition coefficient (Wildman–Crippen LogP) is 2.20. The molecule has 5 rings (SSSR count). The number of pyridine rings is 1. The van der Waals surface area contributed by atoms with Gasteiger partial charge in [-0.2, -0.15) is 5.26 Å². The monoisotopic (exact) mass is 469 g/mol. The highest BCUT2D eigenvalue weighted by Crippen LogP contribution is 2.47. The Bertz CT molecular complexity index is 1010. The summed E-state index contributed by atoms with van der Waals surface area (Å²) in [5, 5.41) is 14.6. The molecule has 0 spiro atoms. The zero-order valence-electron chi connectivity index (χ0n) is 19.1. The first-order valence-corrected chi connectivity index (χ1v) is 10.9. The highest BCUT2D eigenvalue weighted by molar-refractivity contribution is 5.90. The number of halogens is 1. The maximum Gasteiger partial charge on any atom is 0.414 e. The lowest BCUT2D eigenvalue weighted by atomic mass is 10.1. The number of anilines is 1. The Morgan fingerprint density at radius 2 is 2.12 bits per heavy atom. The van der Waals surface area contributed by atoms with E-state index >= 15 is 0 Å². The van der Waals surface area contributed by atoms with Gasteiger partial charge in [-0.1, -0.05) is 6.07 Å². The molecule has 1 amide bonds. The van der Waals surface area contributed by atoms with Crippen molar-refractivity contribution in [1.29, 1.82) is 5.26 Å². The minimum absolute atomic E-state index is 0.224. The lowest BCUT2D eigenvalue weighted by Crippen LogP contribution is -2.29. The van der Waals surface area contributed by atoms with Crippen molar-refractivity contribution in [1.82, 2.24) is 15.6 Å². The Balaban J connectivity index is 0.000000220. The predicted molar refractivity (Wildman–Crippen MR) is 123 cm³/mol. The van der Waals surface area contributed by atoms with Crippen molar-refractivity contribution in [3.05, 3.63) is 48.5 Å². The molecule has 2 aliphatic heterocycles. The average Bonchev–Trinajstić information content (AvgIpc) is 3.13. The first-order valence-electron chi connectivity index (χ1n) is 10.9. The molecule has 4 atom stereocenters. The van der Waals surface area contributed by atoms with Crippen LogP contribution < -0.4 is 15.5 Å². The number of hydrogen-bond donors (Lipinski definition) is 2. The van der Waals surface area contributed by atoms with Crippen molar-refractivity contribution in [2.45, 2.75) is 6.10 Å². The number of ether oxygens (including phenoxy) is 2. The fourth-order valence-corrected chi connectivity index (χ4v) is 4.10. The van der Waals surface area contributed by atoms with Gasteiger partial charge in [0.25, 0.3) is 6.47 Å². The number of fused-ring (bicyclic) bond motifs is 1. The Hall–Kier alpha value is -3.55. The largest absolute Gasteiger partial charge is 0.471 e. The summed E-state index contributed by atoms with van der Waals surface area (Å²) < 4.78 is 23.4. The third kappa shape index (κ3) is 6.07. The number of rotatable bonds is 5. The van der Waals surface area contributed by atoms with Crippen LogP contribution in [-0.2, 0) is 14.3 Å². The quantitative estimate of drug-likeness (QED) is 0.640. The summed E-state index contributed by atoms with van der Waals surface area (Å²) in [6.45, 7) is 3.52. The van der Waals surface area contributed by atoms with Crippen molar-refractivity contribution in [2.24, 2.45) is 17.8 Å². The van der Waals surface area contributed by atoms with E-state index in [4.69, 9.17) is 14.8 Å². The van der Waals surface area contributed by atoms with Crippen LogP contribution in [0.1, 0.15) is 0 Å². The lowest BCUT2D eigenvalue weighted by Gasteiger charge is -2.14. The zero-order chi connectivity index (χ0) is 24.5. The van der Waals surface area contributed by atoms with E-state index in [9.17, 15) is 9.18 Å². The molecular formula is C24H28FN5O4. The molecule has 3 fully saturated rings. The molecule has 1 aromatic heterocycles. The first-order chi connectivity index (χ1) is 16.5. The van der Waals surface area contributed by atoms with E-state index in [0.29, 0.717) is 42.3 Å². The number of carbonyl (C=O) groups excluding carboxylic acids is 2. The fraction of sp³-hybridized carbons (Fsp3) is 0.417. The SMILES string of the molecule is CNCC1CN(c2ccc(-c3cccnc3)c(F)c2)C(=O)O1.COC=O.N#CC1[C@H]2CNC[C@@H]12. The minimum Gasteiger partial charge on any atom is -0.471 e. The standard InChI is InChI=1S/C16H16FN3O2.C6H8N2.C2H4O2/c1-18-9-13-10-20(16(21)22-13)12-4-5-14(15(17)7-12)11-3-2-6-19-8-11;7-1-4-5-2-8-3-6(4)5;1-4-2-3/h2-8,13,18H,9-10H2,1H3;4-6,8H,2-3H2;2H,1H3/t;4?,5-,6+;. The van der Waals surface area contributed by atoms with Crippen LogP contribution in [0.4, 0.5) is 14.9 Å². The van der Waals surface area contributed by atoms with Crippen LogP contribution in [0.15, 0.2) is 42.7 Å². The zero-order valence-corrected chi connectivity index (χ0v) is 19.1. The van der Waals surface area contributed by atoms with Gasteiger partial charge in [-0.3, -0.25) is 14.7 Å². The summed E-state index contributed by atoms with van der Waals surface area (Å²) in [6, 6.07) is 10.6. The molecule has 0 radical (unpaired) electrons. The molecule has 9 nitrogen and oxygen atoms in total. The van der Waals surface area contributed by atoms with Crippen LogP contribution >= 0.6 is 0 Å². The molecule has 2 aromatic rings. The molecule has 1 aliphatic carbocycles. The summed E-state index contributed by atoms with van der Waals surface area (Å²) >= 11 is 0. The van der Waals surface area contributed by atoms with Gasteiger partial charge in [0, 0.05) is 30.1 Å². The molecule has 10 heteroatoms. The number of hydrogen-bond acceptors (Lipinski definition) is 8. The molecule has 0 bridgehead atoms. The van der Waals surface area contributed by atoms with E-state index in [1.54, 1.807) is 43.7 Å². The summed E-state index contributed by atoms with van der Waals surface area (Å²) in [6.07, 6.45) is 2.57. The highest BCUT2D eigenvalue weighted by atomic mass is 19.1. The van der Waals surface area contributed by atoms with Gasteiger partial charge in [0.15, 0.2) is 0 Å². The van der Waals surface area contributed by atoms with Crippen LogP contribution in [0.25, 0.3) is 11.1 Å². The van der Waals surface area contributed by atoms with Gasteiger partial charge in [-0.05, 0) is 56.2 Å². The van der Waals surface area contributed by atoms with Crippen LogP contribution in [0, 0.1) is 34.9 Å². The molecule has 2 N–H and O–H groups in total. The number of methoxy groups -OCH3 is 1. The van der Waals surface area contributed by atoms with Gasteiger partial charge in [0.2, 0.25) is 0 Å². The number of likely N-dealkylation sites (N-methyl/N-ethyl adjacent to an activating group) is 1. The molecular weight excluding hydrogens is 441 g/mol. The summed E-state index contributed by atoms with van der Waals surface area (Å²) in [7, 11) is 3.10. The highest BCUT2D eigenvalue weighted by Gasteiger charge is 2.53. The topological polar surface area (TPSA) is 117 Å². The summed E-state index contributed by atoms with van der Waals surface area (Å²) in [4.78, 5) is 26.2. The number of amides is 1. The van der Waals surface area contributed by atoms with Crippen molar-refractivity contribution in [3.8, 4) is 17.2 Å². The second-order valence-corrected chi connectivity index (χ2v) is 8.05. The second kappa shape index (κ2) is 12.1. The number of carbonyl (C=O) groups is 2. The maximum atomic E-state index is 14.3. The van der Waals surface area contributed by atoms with Gasteiger partial charge in [0.05, 0.1) is 31.3 Å². The average molecular weight is 470 g/mol. The fourth-order valence-electron chi connectivity index (χ4n) is 4.10. The molecule has 2 saturated heterocycles. The van der Waals surface area contributed by atoms with Gasteiger partial charge in [0.1, 0.15) is 11.9 Å². The van der Waals surface area contributed by atoms with Gasteiger partial charge >= 0.3 is 6.09 Å². The third-order valence-electron chi connectivity index (χ3n) is 5.88. The molecule has 1 aromatic carbocycles. The first kappa shape index (κ1) is 25.1. The van der Waals surface area contributed by atoms with Crippen molar-refractivity contribution in [3.63, 3.8) is 0 Å². The van der Waals surface area contributed by atoms with Gasteiger partial charge in [-0.15, -0.1) is 0 Å². The van der Waals surface area contributed by atoms with Gasteiger partial charge in [-0.25, -0.2) is 9.18 Å². The smallest absolute Gasteiger partial charge is 0.414 e. The number of nitrogens with zero attached hydrogens (tertiary/aromatic N) is 3. The van der Waals surface area contributed by atoms with E-state index in [0.717, 1.165) is 24.9 Å². The minimum atomic E-state index is -0.450. The number of cyclic esters (lactones) is 1. The number of nitriles is 1. The maximum absolute atomic E-state index is 14.3. The molecule has 180 valence electrons. The van der Waals surface area contributed by atoms with Crippen LogP contribution in [0.2, 0.25) is 0 Å². The molecule has 2 unspecified atom stereocenters. The normalized spacial score (nSPS) is 23.8. The van der Waals surface area contributed by atoms with E-state index in [1.165, 1.54) is 18.1 Å². The number of piperidine rings is 1. The van der Waals surface area contributed by atoms with Crippen molar-refractivity contribution >= 4 is 18.3 Å². The lowest BCUT2D eigenvalue weighted by molar-refractivity contribution is -0.126. The Morgan fingerprint density at radius 1 is 1.38 bits per heavy atom. The van der Waals surface area contributed by atoms with E-state index < -0.39 is 11.9 Å². The van der Waals surface area contributed by atoms with E-state index in [-0.39, 0.29) is 6.10 Å². The van der Waals surface area contributed by atoms with Crippen LogP contribution in [0.3, 0.4) is 0 Å². The molecule has 34 heavy (non-hydrogen) atoms. The van der Waals surface area contributed by atoms with Gasteiger partial charge < -0.3 is 20.1 Å². The Kier molecular flexibility index (Phi) is 8.90. The van der Waals surface area contributed by atoms with Crippen LogP contribution in [-0.4, -0.2) is 64.0 Å². The van der Waals surface area contributed by atoms with Crippen LogP contribution in [0.5, 0.6) is 0 Å². The number of nitrogens with one attached hydrogen (secondary N) is 2. The van der Waals surface area contributed by atoms with Crippen molar-refractivity contribution < 1.29 is 23.5 Å².